The van der Waals surface area contributed by atoms with E-state index in [9.17, 15) is 8.42 Å². The smallest absolute Gasteiger partial charge is 0.179 e. The van der Waals surface area contributed by atoms with Crippen LogP contribution in [0.5, 0.6) is 11.5 Å². The monoisotopic (exact) mass is 417 g/mol. The van der Waals surface area contributed by atoms with Crippen LogP contribution in [0.3, 0.4) is 0 Å². The van der Waals surface area contributed by atoms with E-state index in [0.717, 1.165) is 45.0 Å². The van der Waals surface area contributed by atoms with Gasteiger partial charge in [0.05, 0.1) is 5.69 Å². The minimum Gasteiger partial charge on any atom is -0.454 e. The van der Waals surface area contributed by atoms with Gasteiger partial charge in [0, 0.05) is 24.9 Å². The molecule has 0 spiro atoms. The van der Waals surface area contributed by atoms with Gasteiger partial charge in [-0.2, -0.15) is 0 Å². The van der Waals surface area contributed by atoms with E-state index in [-0.39, 0.29) is 16.5 Å². The first kappa shape index (κ1) is 22.7. The Hall–Kier alpha value is -2.54. The third kappa shape index (κ3) is 6.22. The molecule has 0 aliphatic heterocycles. The summed E-state index contributed by atoms with van der Waals surface area (Å²) in [6.07, 6.45) is 5.11. The van der Waals surface area contributed by atoms with E-state index in [4.69, 9.17) is 15.9 Å². The van der Waals surface area contributed by atoms with Crippen LogP contribution in [0.15, 0.2) is 47.4 Å². The molecule has 0 unspecified atom stereocenters. The second-order valence-corrected chi connectivity index (χ2v) is 9.10. The number of amidine groups is 1. The van der Waals surface area contributed by atoms with Crippen molar-refractivity contribution >= 4 is 21.4 Å². The highest BCUT2D eigenvalue weighted by molar-refractivity contribution is 7.90. The van der Waals surface area contributed by atoms with Crippen molar-refractivity contribution in [3.8, 4) is 11.5 Å². The molecular formula is C22H31N3O3S. The maximum Gasteiger partial charge on any atom is 0.179 e. The van der Waals surface area contributed by atoms with Gasteiger partial charge in [-0.15, -0.1) is 0 Å². The Labute approximate surface area is 174 Å². The molecule has 0 saturated carbocycles. The van der Waals surface area contributed by atoms with E-state index in [1.165, 1.54) is 6.07 Å². The molecular weight excluding hydrogens is 386 g/mol. The zero-order valence-electron chi connectivity index (χ0n) is 17.4. The molecule has 0 fully saturated rings. The number of hydrogen-bond donors (Lipinski definition) is 2. The molecule has 0 aliphatic rings. The highest BCUT2D eigenvalue weighted by atomic mass is 32.2. The highest BCUT2D eigenvalue weighted by Gasteiger charge is 2.24. The molecule has 0 aliphatic carbocycles. The first-order valence-electron chi connectivity index (χ1n) is 9.98. The van der Waals surface area contributed by atoms with E-state index in [1.54, 1.807) is 18.2 Å². The molecule has 0 radical (unpaired) electrons. The van der Waals surface area contributed by atoms with Crippen molar-refractivity contribution in [3.63, 3.8) is 0 Å². The average Bonchev–Trinajstić information content (AvgIpc) is 2.68. The van der Waals surface area contributed by atoms with E-state index in [0.29, 0.717) is 17.0 Å². The number of nitrogens with one attached hydrogen (secondary N) is 1. The fourth-order valence-electron chi connectivity index (χ4n) is 3.01. The molecule has 29 heavy (non-hydrogen) atoms. The van der Waals surface area contributed by atoms with Crippen LogP contribution in [0.4, 0.5) is 5.69 Å². The lowest BCUT2D eigenvalue weighted by Gasteiger charge is -2.28. The molecule has 7 heteroatoms. The second kappa shape index (κ2) is 10.3. The van der Waals surface area contributed by atoms with Crippen molar-refractivity contribution in [2.24, 2.45) is 5.73 Å². The van der Waals surface area contributed by atoms with Gasteiger partial charge in [-0.3, -0.25) is 5.41 Å². The maximum atomic E-state index is 12.6. The van der Waals surface area contributed by atoms with Crippen molar-refractivity contribution in [1.29, 1.82) is 5.41 Å². The van der Waals surface area contributed by atoms with E-state index in [1.807, 2.05) is 18.2 Å². The average molecular weight is 418 g/mol. The van der Waals surface area contributed by atoms with Crippen LogP contribution >= 0.6 is 0 Å². The summed E-state index contributed by atoms with van der Waals surface area (Å²) in [5, 5.41) is 7.87. The Kier molecular flexibility index (Phi) is 8.08. The van der Waals surface area contributed by atoms with Gasteiger partial charge < -0.3 is 15.4 Å². The summed E-state index contributed by atoms with van der Waals surface area (Å²) in [7, 11) is -3.61. The van der Waals surface area contributed by atoms with Gasteiger partial charge in [0.2, 0.25) is 0 Å². The summed E-state index contributed by atoms with van der Waals surface area (Å²) >= 11 is 0. The van der Waals surface area contributed by atoms with Crippen molar-refractivity contribution in [2.45, 2.75) is 44.4 Å². The number of anilines is 1. The van der Waals surface area contributed by atoms with Crippen molar-refractivity contribution < 1.29 is 13.2 Å². The third-order valence-corrected chi connectivity index (χ3v) is 5.71. The number of benzene rings is 2. The fraction of sp³-hybridized carbons (Fsp3) is 0.409. The predicted molar refractivity (Wildman–Crippen MR) is 119 cm³/mol. The lowest BCUT2D eigenvalue weighted by Crippen LogP contribution is -2.27. The minimum atomic E-state index is -3.61. The minimum absolute atomic E-state index is 0.0436. The zero-order chi connectivity index (χ0) is 21.4. The number of nitrogen functional groups attached to an aromatic ring is 1. The molecule has 0 aromatic heterocycles. The number of ether oxygens (including phenoxy) is 1. The molecule has 0 heterocycles. The van der Waals surface area contributed by atoms with E-state index >= 15 is 0 Å². The molecule has 3 N–H and O–H groups in total. The third-order valence-electron chi connectivity index (χ3n) is 4.61. The first-order chi connectivity index (χ1) is 13.8. The van der Waals surface area contributed by atoms with Crippen LogP contribution in [-0.4, -0.2) is 33.6 Å². The van der Waals surface area contributed by atoms with Crippen molar-refractivity contribution in [2.75, 3.05) is 24.2 Å². The SMILES string of the molecule is CCCCN(CCCC)c1cc(C(=N)N)cc(S(C)(=O)=O)c1Oc1ccccc1. The van der Waals surface area contributed by atoms with Crippen LogP contribution in [0.1, 0.15) is 45.1 Å². The number of unbranched alkanes of at least 4 members (excludes halogenated alkanes) is 2. The van der Waals surface area contributed by atoms with E-state index in [2.05, 4.69) is 18.7 Å². The summed E-state index contributed by atoms with van der Waals surface area (Å²) in [6, 6.07) is 12.3. The summed E-state index contributed by atoms with van der Waals surface area (Å²) in [4.78, 5) is 2.19. The first-order valence-corrected chi connectivity index (χ1v) is 11.9. The van der Waals surface area contributed by atoms with Crippen LogP contribution in [0.25, 0.3) is 0 Å². The summed E-state index contributed by atoms with van der Waals surface area (Å²) in [5.41, 5.74) is 6.76. The quantitative estimate of drug-likeness (QED) is 0.412. The van der Waals surface area contributed by atoms with Crippen molar-refractivity contribution in [1.82, 2.24) is 0 Å². The molecule has 2 aromatic rings. The highest BCUT2D eigenvalue weighted by Crippen LogP contribution is 2.40. The zero-order valence-corrected chi connectivity index (χ0v) is 18.3. The van der Waals surface area contributed by atoms with Crippen LogP contribution in [-0.2, 0) is 9.84 Å². The Balaban J connectivity index is 2.71. The number of nitrogens with zero attached hydrogens (tertiary/aromatic N) is 1. The number of sulfone groups is 1. The van der Waals surface area contributed by atoms with E-state index < -0.39 is 9.84 Å². The number of para-hydroxylation sites is 1. The molecule has 2 aromatic carbocycles. The van der Waals surface area contributed by atoms with Gasteiger partial charge in [0.15, 0.2) is 15.6 Å². The Morgan fingerprint density at radius 3 is 2.14 bits per heavy atom. The van der Waals surface area contributed by atoms with Crippen LogP contribution < -0.4 is 15.4 Å². The fourth-order valence-corrected chi connectivity index (χ4v) is 3.84. The molecule has 0 saturated heterocycles. The number of nitrogens with two attached hydrogens (primary N) is 1. The lowest BCUT2D eigenvalue weighted by atomic mass is 10.1. The summed E-state index contributed by atoms with van der Waals surface area (Å²) < 4.78 is 31.3. The van der Waals surface area contributed by atoms with Gasteiger partial charge in [0.1, 0.15) is 16.5 Å². The largest absolute Gasteiger partial charge is 0.454 e. The topological polar surface area (TPSA) is 96.5 Å². The van der Waals surface area contributed by atoms with Crippen LogP contribution in [0.2, 0.25) is 0 Å². The van der Waals surface area contributed by atoms with Gasteiger partial charge in [-0.25, -0.2) is 8.42 Å². The molecule has 0 amide bonds. The summed E-state index contributed by atoms with van der Waals surface area (Å²) in [5.74, 6) is 0.671. The number of rotatable bonds is 11. The lowest BCUT2D eigenvalue weighted by molar-refractivity contribution is 0.465. The van der Waals surface area contributed by atoms with Gasteiger partial charge >= 0.3 is 0 Å². The van der Waals surface area contributed by atoms with Crippen molar-refractivity contribution in [3.05, 3.63) is 48.0 Å². The standard InChI is InChI=1S/C22H31N3O3S/c1-4-6-13-25(14-7-5-2)19-15-17(22(23)24)16-20(29(3,26)27)21(19)28-18-11-9-8-10-12-18/h8-12,15-16H,4-7,13-14H2,1-3H3,(H3,23,24). The maximum absolute atomic E-state index is 12.6. The van der Waals surface area contributed by atoms with Gasteiger partial charge in [-0.1, -0.05) is 44.9 Å². The Morgan fingerprint density at radius 1 is 1.07 bits per heavy atom. The molecule has 0 atom stereocenters. The number of hydrogen-bond acceptors (Lipinski definition) is 5. The van der Waals surface area contributed by atoms with Gasteiger partial charge in [0.25, 0.3) is 0 Å². The summed E-state index contributed by atoms with van der Waals surface area (Å²) in [6.45, 7) is 5.78. The normalized spacial score (nSPS) is 11.3. The Morgan fingerprint density at radius 2 is 1.66 bits per heavy atom. The molecule has 0 bridgehead atoms. The molecule has 158 valence electrons. The van der Waals surface area contributed by atoms with Crippen LogP contribution in [0, 0.1) is 5.41 Å². The molecule has 2 rings (SSSR count). The molecule has 6 nitrogen and oxygen atoms in total. The predicted octanol–water partition coefficient (Wildman–Crippen LogP) is 4.57. The Bertz CT molecular complexity index is 920. The van der Waals surface area contributed by atoms with Gasteiger partial charge in [-0.05, 0) is 37.1 Å². The second-order valence-electron chi connectivity index (χ2n) is 7.12.